The average molecular weight is 310 g/mol. The second-order valence-electron chi connectivity index (χ2n) is 6.57. The van der Waals surface area contributed by atoms with Crippen LogP contribution in [0.1, 0.15) is 51.9 Å². The molecule has 0 bridgehead atoms. The minimum atomic E-state index is -1.03. The van der Waals surface area contributed by atoms with E-state index >= 15 is 0 Å². The molecule has 1 N–H and O–H groups in total. The third-order valence-electron chi connectivity index (χ3n) is 5.34. The number of amides is 2. The number of piperidine rings is 1. The third-order valence-corrected chi connectivity index (χ3v) is 5.34. The molecule has 6 heteroatoms. The lowest BCUT2D eigenvalue weighted by molar-refractivity contribution is -0.162. The summed E-state index contributed by atoms with van der Waals surface area (Å²) in [6, 6.07) is 0. The van der Waals surface area contributed by atoms with Crippen molar-refractivity contribution in [1.82, 2.24) is 9.80 Å². The second kappa shape index (κ2) is 6.67. The van der Waals surface area contributed by atoms with Crippen molar-refractivity contribution in [3.05, 3.63) is 0 Å². The molecule has 1 saturated heterocycles. The third kappa shape index (κ3) is 3.10. The Bertz CT molecular complexity index is 449. The van der Waals surface area contributed by atoms with Gasteiger partial charge in [0, 0.05) is 33.0 Å². The molecule has 0 aromatic rings. The second-order valence-corrected chi connectivity index (χ2v) is 6.57. The van der Waals surface area contributed by atoms with Crippen LogP contribution >= 0.6 is 0 Å². The van der Waals surface area contributed by atoms with E-state index in [1.165, 1.54) is 11.8 Å². The molecule has 2 fully saturated rings. The standard InChI is InChI=1S/C16H26N2O4/c1-12(19)18-10-6-13(7-11-18)14(20)17(2)16(15(21)22)8-4-3-5-9-16/h13H,3-11H2,1-2H3,(H,21,22). The Morgan fingerprint density at radius 1 is 1.09 bits per heavy atom. The van der Waals surface area contributed by atoms with Gasteiger partial charge in [0.05, 0.1) is 0 Å². The zero-order valence-corrected chi connectivity index (χ0v) is 13.5. The van der Waals surface area contributed by atoms with Gasteiger partial charge in [-0.3, -0.25) is 9.59 Å². The van der Waals surface area contributed by atoms with Crippen LogP contribution in [0.15, 0.2) is 0 Å². The Labute approximate surface area is 131 Å². The van der Waals surface area contributed by atoms with Gasteiger partial charge in [-0.05, 0) is 25.7 Å². The summed E-state index contributed by atoms with van der Waals surface area (Å²) in [7, 11) is 1.64. The highest BCUT2D eigenvalue weighted by Gasteiger charge is 2.46. The Kier molecular flexibility index (Phi) is 5.08. The fourth-order valence-corrected chi connectivity index (χ4v) is 3.76. The summed E-state index contributed by atoms with van der Waals surface area (Å²) in [4.78, 5) is 39.1. The van der Waals surface area contributed by atoms with E-state index in [1.54, 1.807) is 11.9 Å². The Hall–Kier alpha value is -1.59. The highest BCUT2D eigenvalue weighted by atomic mass is 16.4. The van der Waals surface area contributed by atoms with E-state index in [1.807, 2.05) is 0 Å². The molecule has 1 heterocycles. The quantitative estimate of drug-likeness (QED) is 0.856. The van der Waals surface area contributed by atoms with E-state index in [2.05, 4.69) is 0 Å². The molecule has 2 amide bonds. The van der Waals surface area contributed by atoms with Crippen molar-refractivity contribution in [1.29, 1.82) is 0 Å². The van der Waals surface area contributed by atoms with Crippen LogP contribution in [-0.2, 0) is 14.4 Å². The zero-order chi connectivity index (χ0) is 16.3. The van der Waals surface area contributed by atoms with Crippen LogP contribution in [0.25, 0.3) is 0 Å². The highest BCUT2D eigenvalue weighted by molar-refractivity contribution is 5.88. The van der Waals surface area contributed by atoms with Gasteiger partial charge < -0.3 is 14.9 Å². The van der Waals surface area contributed by atoms with Crippen LogP contribution in [0, 0.1) is 5.92 Å². The molecule has 2 aliphatic rings. The number of carbonyl (C=O) groups excluding carboxylic acids is 2. The van der Waals surface area contributed by atoms with Crippen LogP contribution in [-0.4, -0.2) is 58.4 Å². The topological polar surface area (TPSA) is 77.9 Å². The van der Waals surface area contributed by atoms with E-state index in [9.17, 15) is 19.5 Å². The van der Waals surface area contributed by atoms with Crippen LogP contribution < -0.4 is 0 Å². The number of likely N-dealkylation sites (tertiary alicyclic amines) is 1. The first kappa shape index (κ1) is 16.8. The molecule has 1 aliphatic heterocycles. The maximum atomic E-state index is 12.7. The van der Waals surface area contributed by atoms with Crippen molar-refractivity contribution < 1.29 is 19.5 Å². The van der Waals surface area contributed by atoms with Crippen LogP contribution in [0.2, 0.25) is 0 Å². The highest BCUT2D eigenvalue weighted by Crippen LogP contribution is 2.35. The van der Waals surface area contributed by atoms with Crippen molar-refractivity contribution in [3.8, 4) is 0 Å². The van der Waals surface area contributed by atoms with Crippen LogP contribution in [0.3, 0.4) is 0 Å². The van der Waals surface area contributed by atoms with E-state index in [0.717, 1.165) is 19.3 Å². The number of carboxylic acids is 1. The molecule has 0 spiro atoms. The molecule has 0 atom stereocenters. The van der Waals surface area contributed by atoms with Gasteiger partial charge in [-0.25, -0.2) is 4.79 Å². The van der Waals surface area contributed by atoms with E-state index < -0.39 is 11.5 Å². The largest absolute Gasteiger partial charge is 0.479 e. The van der Waals surface area contributed by atoms with Gasteiger partial charge in [-0.15, -0.1) is 0 Å². The fraction of sp³-hybridized carbons (Fsp3) is 0.812. The monoisotopic (exact) mass is 310 g/mol. The molecule has 0 aromatic heterocycles. The maximum Gasteiger partial charge on any atom is 0.329 e. The molecule has 1 saturated carbocycles. The predicted octanol–water partition coefficient (Wildman–Crippen LogP) is 1.49. The van der Waals surface area contributed by atoms with Gasteiger partial charge in [0.15, 0.2) is 0 Å². The number of nitrogens with zero attached hydrogens (tertiary/aromatic N) is 2. The number of carboxylic acid groups (broad SMARTS) is 1. The number of carbonyl (C=O) groups is 3. The van der Waals surface area contributed by atoms with Crippen molar-refractivity contribution in [2.45, 2.75) is 57.4 Å². The van der Waals surface area contributed by atoms with Crippen molar-refractivity contribution >= 4 is 17.8 Å². The Balaban J connectivity index is 2.05. The maximum absolute atomic E-state index is 12.7. The van der Waals surface area contributed by atoms with Crippen LogP contribution in [0.4, 0.5) is 0 Å². The molecule has 6 nitrogen and oxygen atoms in total. The number of aliphatic carboxylic acids is 1. The minimum Gasteiger partial charge on any atom is -0.479 e. The van der Waals surface area contributed by atoms with Gasteiger partial charge >= 0.3 is 5.97 Å². The molecule has 0 radical (unpaired) electrons. The van der Waals surface area contributed by atoms with Crippen LogP contribution in [0.5, 0.6) is 0 Å². The molecule has 1 aliphatic carbocycles. The Morgan fingerprint density at radius 2 is 1.64 bits per heavy atom. The SMILES string of the molecule is CC(=O)N1CCC(C(=O)N(C)C2(C(=O)O)CCCCC2)CC1. The normalized spacial score (nSPS) is 22.2. The van der Waals surface area contributed by atoms with E-state index in [4.69, 9.17) is 0 Å². The predicted molar refractivity (Wildman–Crippen MR) is 81.2 cm³/mol. The van der Waals surface area contributed by atoms with Crippen molar-refractivity contribution in [3.63, 3.8) is 0 Å². The summed E-state index contributed by atoms with van der Waals surface area (Å²) in [5.74, 6) is -1.09. The van der Waals surface area contributed by atoms with Crippen molar-refractivity contribution in [2.24, 2.45) is 5.92 Å². The number of hydrogen-bond donors (Lipinski definition) is 1. The first-order valence-electron chi connectivity index (χ1n) is 8.15. The molecule has 124 valence electrons. The lowest BCUT2D eigenvalue weighted by Gasteiger charge is -2.43. The summed E-state index contributed by atoms with van der Waals surface area (Å²) < 4.78 is 0. The van der Waals surface area contributed by atoms with Gasteiger partial charge in [-0.1, -0.05) is 19.3 Å². The summed E-state index contributed by atoms with van der Waals surface area (Å²) in [6.45, 7) is 2.70. The van der Waals surface area contributed by atoms with Crippen molar-refractivity contribution in [2.75, 3.05) is 20.1 Å². The van der Waals surface area contributed by atoms with Gasteiger partial charge in [-0.2, -0.15) is 0 Å². The molecular weight excluding hydrogens is 284 g/mol. The molecule has 0 aromatic carbocycles. The summed E-state index contributed by atoms with van der Waals surface area (Å²) in [5, 5.41) is 9.67. The summed E-state index contributed by atoms with van der Waals surface area (Å²) >= 11 is 0. The van der Waals surface area contributed by atoms with Gasteiger partial charge in [0.2, 0.25) is 11.8 Å². The van der Waals surface area contributed by atoms with Gasteiger partial charge in [0.25, 0.3) is 0 Å². The molecule has 2 rings (SSSR count). The lowest BCUT2D eigenvalue weighted by Crippen LogP contribution is -2.58. The number of likely N-dealkylation sites (N-methyl/N-ethyl adjacent to an activating group) is 1. The first-order chi connectivity index (χ1) is 10.4. The smallest absolute Gasteiger partial charge is 0.329 e. The van der Waals surface area contributed by atoms with E-state index in [-0.39, 0.29) is 17.7 Å². The first-order valence-corrected chi connectivity index (χ1v) is 8.15. The molecular formula is C16H26N2O4. The zero-order valence-electron chi connectivity index (χ0n) is 13.5. The van der Waals surface area contributed by atoms with E-state index in [0.29, 0.717) is 38.8 Å². The summed E-state index contributed by atoms with van der Waals surface area (Å²) in [6.07, 6.45) is 5.07. The fourth-order valence-electron chi connectivity index (χ4n) is 3.76. The molecule has 22 heavy (non-hydrogen) atoms. The average Bonchev–Trinajstić information content (AvgIpc) is 2.54. The number of rotatable bonds is 3. The van der Waals surface area contributed by atoms with Gasteiger partial charge in [0.1, 0.15) is 5.54 Å². The Morgan fingerprint density at radius 3 is 2.09 bits per heavy atom. The lowest BCUT2D eigenvalue weighted by atomic mass is 9.79. The molecule has 0 unspecified atom stereocenters. The summed E-state index contributed by atoms with van der Waals surface area (Å²) in [5.41, 5.74) is -1.03. The minimum absolute atomic E-state index is 0.0357. The number of hydrogen-bond acceptors (Lipinski definition) is 3.